The van der Waals surface area contributed by atoms with Gasteiger partial charge in [0.05, 0.1) is 0 Å². The van der Waals surface area contributed by atoms with Crippen LogP contribution in [0, 0.1) is 5.92 Å². The second-order valence-electron chi connectivity index (χ2n) is 4.84. The number of nitrogens with one attached hydrogen (secondary N) is 2. The highest BCUT2D eigenvalue weighted by Gasteiger charge is 2.26. The lowest BCUT2D eigenvalue weighted by molar-refractivity contribution is 0.0919. The third-order valence-electron chi connectivity index (χ3n) is 3.40. The first-order valence-corrected chi connectivity index (χ1v) is 6.43. The number of aryl methyl sites for hydroxylation is 1. The summed E-state index contributed by atoms with van der Waals surface area (Å²) in [6.45, 7) is 4.25. The van der Waals surface area contributed by atoms with Gasteiger partial charge in [0.25, 0.3) is 5.91 Å². The van der Waals surface area contributed by atoms with Crippen LogP contribution in [0.4, 0.5) is 0 Å². The fourth-order valence-corrected chi connectivity index (χ4v) is 2.34. The molecule has 1 amide bonds. The van der Waals surface area contributed by atoms with E-state index < -0.39 is 0 Å². The van der Waals surface area contributed by atoms with Crippen molar-refractivity contribution in [1.82, 2.24) is 20.5 Å². The van der Waals surface area contributed by atoms with Crippen LogP contribution in [0.5, 0.6) is 0 Å². The minimum atomic E-state index is -0.151. The molecule has 0 radical (unpaired) electrons. The second kappa shape index (κ2) is 5.29. The maximum atomic E-state index is 11.9. The molecule has 2 N–H and O–H groups in total. The fourth-order valence-electron chi connectivity index (χ4n) is 2.34. The van der Waals surface area contributed by atoms with E-state index in [9.17, 15) is 4.79 Å². The molecule has 2 rings (SSSR count). The van der Waals surface area contributed by atoms with E-state index in [-0.39, 0.29) is 17.8 Å². The third-order valence-corrected chi connectivity index (χ3v) is 3.40. The first-order chi connectivity index (χ1) is 8.20. The number of aromatic nitrogens is 3. The van der Waals surface area contributed by atoms with E-state index in [2.05, 4.69) is 34.3 Å². The minimum Gasteiger partial charge on any atom is -0.346 e. The lowest BCUT2D eigenvalue weighted by atomic mass is 10.1. The van der Waals surface area contributed by atoms with Crippen molar-refractivity contribution in [1.29, 1.82) is 0 Å². The summed E-state index contributed by atoms with van der Waals surface area (Å²) in [5.41, 5.74) is 0. The van der Waals surface area contributed by atoms with Gasteiger partial charge in [-0.15, -0.1) is 5.10 Å². The molecule has 0 bridgehead atoms. The van der Waals surface area contributed by atoms with Crippen LogP contribution in [-0.2, 0) is 6.42 Å². The van der Waals surface area contributed by atoms with Gasteiger partial charge in [-0.25, -0.2) is 4.98 Å². The topological polar surface area (TPSA) is 70.7 Å². The van der Waals surface area contributed by atoms with Crippen molar-refractivity contribution in [3.05, 3.63) is 11.6 Å². The van der Waals surface area contributed by atoms with Gasteiger partial charge in [-0.1, -0.05) is 20.3 Å². The van der Waals surface area contributed by atoms with Crippen molar-refractivity contribution in [3.8, 4) is 0 Å². The number of hydrogen-bond acceptors (Lipinski definition) is 3. The van der Waals surface area contributed by atoms with Crippen molar-refractivity contribution in [2.45, 2.75) is 52.0 Å². The number of carbonyl (C=O) groups is 1. The molecule has 2 atom stereocenters. The monoisotopic (exact) mass is 236 g/mol. The Bertz CT molecular complexity index is 388. The maximum absolute atomic E-state index is 11.9. The van der Waals surface area contributed by atoms with E-state index in [0.29, 0.717) is 5.92 Å². The van der Waals surface area contributed by atoms with Crippen LogP contribution in [0.3, 0.4) is 0 Å². The molecule has 2 unspecified atom stereocenters. The van der Waals surface area contributed by atoms with Gasteiger partial charge in [0, 0.05) is 12.5 Å². The number of hydrogen-bond donors (Lipinski definition) is 2. The summed E-state index contributed by atoms with van der Waals surface area (Å²) < 4.78 is 0. The van der Waals surface area contributed by atoms with Crippen molar-refractivity contribution in [2.75, 3.05) is 0 Å². The number of H-pyrrole nitrogens is 1. The summed E-state index contributed by atoms with van der Waals surface area (Å²) in [5.74, 6) is 1.47. The Balaban J connectivity index is 1.94. The zero-order valence-corrected chi connectivity index (χ0v) is 10.5. The van der Waals surface area contributed by atoms with E-state index >= 15 is 0 Å². The Kier molecular flexibility index (Phi) is 3.76. The highest BCUT2D eigenvalue weighted by atomic mass is 16.2. The molecule has 17 heavy (non-hydrogen) atoms. The Morgan fingerprint density at radius 3 is 3.00 bits per heavy atom. The molecular weight excluding hydrogens is 216 g/mol. The molecule has 5 nitrogen and oxygen atoms in total. The van der Waals surface area contributed by atoms with Gasteiger partial charge in [-0.05, 0) is 25.2 Å². The van der Waals surface area contributed by atoms with E-state index in [1.54, 1.807) is 0 Å². The van der Waals surface area contributed by atoms with Gasteiger partial charge >= 0.3 is 0 Å². The second-order valence-corrected chi connectivity index (χ2v) is 4.84. The van der Waals surface area contributed by atoms with Gasteiger partial charge in [-0.3, -0.25) is 9.89 Å². The number of carbonyl (C=O) groups excluding carboxylic acids is 1. The molecule has 1 aromatic heterocycles. The highest BCUT2D eigenvalue weighted by molar-refractivity contribution is 5.90. The molecule has 1 fully saturated rings. The number of nitrogens with zero attached hydrogens (tertiary/aromatic N) is 2. The molecular formula is C12H20N4O. The van der Waals surface area contributed by atoms with E-state index in [1.165, 1.54) is 12.8 Å². The SMILES string of the molecule is CCCc1nc(C(=O)NC2CCCC2C)n[nH]1. The zero-order valence-electron chi connectivity index (χ0n) is 10.5. The van der Waals surface area contributed by atoms with Crippen LogP contribution in [-0.4, -0.2) is 27.1 Å². The van der Waals surface area contributed by atoms with Gasteiger partial charge in [0.1, 0.15) is 5.82 Å². The molecule has 94 valence electrons. The van der Waals surface area contributed by atoms with Gasteiger partial charge in [-0.2, -0.15) is 0 Å². The smallest absolute Gasteiger partial charge is 0.291 e. The number of rotatable bonds is 4. The molecule has 1 aliphatic rings. The van der Waals surface area contributed by atoms with Crippen molar-refractivity contribution < 1.29 is 4.79 Å². The minimum absolute atomic E-state index is 0.151. The van der Waals surface area contributed by atoms with Crippen LogP contribution in [0.1, 0.15) is 56.0 Å². The first-order valence-electron chi connectivity index (χ1n) is 6.43. The molecule has 1 aliphatic carbocycles. The van der Waals surface area contributed by atoms with Crippen molar-refractivity contribution >= 4 is 5.91 Å². The molecule has 0 spiro atoms. The normalized spacial score (nSPS) is 23.9. The Hall–Kier alpha value is -1.39. The molecule has 1 saturated carbocycles. The average molecular weight is 236 g/mol. The van der Waals surface area contributed by atoms with Crippen LogP contribution in [0.15, 0.2) is 0 Å². The summed E-state index contributed by atoms with van der Waals surface area (Å²) in [4.78, 5) is 16.1. The van der Waals surface area contributed by atoms with Crippen LogP contribution < -0.4 is 5.32 Å². The van der Waals surface area contributed by atoms with Crippen LogP contribution in [0.2, 0.25) is 0 Å². The first kappa shape index (κ1) is 12.1. The predicted octanol–water partition coefficient (Wildman–Crippen LogP) is 1.68. The van der Waals surface area contributed by atoms with E-state index in [1.807, 2.05) is 0 Å². The quantitative estimate of drug-likeness (QED) is 0.835. The van der Waals surface area contributed by atoms with Crippen molar-refractivity contribution in [2.24, 2.45) is 5.92 Å². The Labute approximate surface area is 101 Å². The Morgan fingerprint density at radius 2 is 2.35 bits per heavy atom. The molecule has 1 heterocycles. The number of amides is 1. The van der Waals surface area contributed by atoms with E-state index in [4.69, 9.17) is 0 Å². The summed E-state index contributed by atoms with van der Waals surface area (Å²) in [6.07, 6.45) is 5.29. The fraction of sp³-hybridized carbons (Fsp3) is 0.750. The van der Waals surface area contributed by atoms with Gasteiger partial charge in [0.2, 0.25) is 5.82 Å². The molecule has 0 saturated heterocycles. The number of aromatic amines is 1. The Morgan fingerprint density at radius 1 is 1.53 bits per heavy atom. The maximum Gasteiger partial charge on any atom is 0.291 e. The molecule has 5 heteroatoms. The largest absolute Gasteiger partial charge is 0.346 e. The van der Waals surface area contributed by atoms with Gasteiger partial charge < -0.3 is 5.32 Å². The summed E-state index contributed by atoms with van der Waals surface area (Å²) in [7, 11) is 0. The highest BCUT2D eigenvalue weighted by Crippen LogP contribution is 2.24. The van der Waals surface area contributed by atoms with Crippen LogP contribution >= 0.6 is 0 Å². The summed E-state index contributed by atoms with van der Waals surface area (Å²) in [6, 6.07) is 0.288. The molecule has 0 aromatic carbocycles. The van der Waals surface area contributed by atoms with Crippen molar-refractivity contribution in [3.63, 3.8) is 0 Å². The molecule has 1 aromatic rings. The summed E-state index contributed by atoms with van der Waals surface area (Å²) >= 11 is 0. The van der Waals surface area contributed by atoms with Gasteiger partial charge in [0.15, 0.2) is 0 Å². The lowest BCUT2D eigenvalue weighted by Crippen LogP contribution is -2.37. The zero-order chi connectivity index (χ0) is 12.3. The predicted molar refractivity (Wildman–Crippen MR) is 64.6 cm³/mol. The van der Waals surface area contributed by atoms with E-state index in [0.717, 1.165) is 25.1 Å². The summed E-state index contributed by atoms with van der Waals surface area (Å²) in [5, 5.41) is 9.77. The van der Waals surface area contributed by atoms with Crippen LogP contribution in [0.25, 0.3) is 0 Å². The standard InChI is InChI=1S/C12H20N4O/c1-3-5-10-14-11(16-15-10)12(17)13-9-7-4-6-8(9)2/h8-9H,3-7H2,1-2H3,(H,13,17)(H,14,15,16). The molecule has 0 aliphatic heterocycles. The lowest BCUT2D eigenvalue weighted by Gasteiger charge is -2.15. The average Bonchev–Trinajstić information content (AvgIpc) is 2.90. The third kappa shape index (κ3) is 2.84.